The van der Waals surface area contributed by atoms with E-state index in [0.717, 1.165) is 3.57 Å². The van der Waals surface area contributed by atoms with Crippen LogP contribution in [0.25, 0.3) is 0 Å². The molecule has 23 heavy (non-hydrogen) atoms. The first-order valence-electron chi connectivity index (χ1n) is 7.09. The zero-order valence-electron chi connectivity index (χ0n) is 12.8. The van der Waals surface area contributed by atoms with Crippen LogP contribution in [-0.4, -0.2) is 17.9 Å². The van der Waals surface area contributed by atoms with Gasteiger partial charge in [0.25, 0.3) is 11.8 Å². The predicted molar refractivity (Wildman–Crippen MR) is 96.3 cm³/mol. The summed E-state index contributed by atoms with van der Waals surface area (Å²) in [6, 6.07) is 13.9. The van der Waals surface area contributed by atoms with Crippen LogP contribution in [0.4, 0.5) is 0 Å². The van der Waals surface area contributed by atoms with Gasteiger partial charge in [-0.1, -0.05) is 12.1 Å². The van der Waals surface area contributed by atoms with Crippen molar-refractivity contribution < 1.29 is 14.3 Å². The zero-order valence-corrected chi connectivity index (χ0v) is 15.0. The Morgan fingerprint density at radius 3 is 2.17 bits per heavy atom. The smallest absolute Gasteiger partial charge is 0.270 e. The third-order valence-electron chi connectivity index (χ3n) is 2.90. The van der Waals surface area contributed by atoms with Crippen molar-refractivity contribution in [1.29, 1.82) is 0 Å². The fourth-order valence-electron chi connectivity index (χ4n) is 1.86. The first-order chi connectivity index (χ1) is 11.0. The maximum Gasteiger partial charge on any atom is 0.270 e. The number of carbonyl (C=O) groups is 2. The monoisotopic (exact) mass is 424 g/mol. The molecule has 2 rings (SSSR count). The van der Waals surface area contributed by atoms with Crippen molar-refractivity contribution in [2.75, 3.05) is 0 Å². The molecule has 2 N–H and O–H groups in total. The number of amides is 2. The molecular weight excluding hydrogens is 407 g/mol. The molecular formula is C17H17IN2O3. The molecule has 2 amide bonds. The zero-order chi connectivity index (χ0) is 16.8. The predicted octanol–water partition coefficient (Wildman–Crippen LogP) is 3.15. The van der Waals surface area contributed by atoms with E-state index in [9.17, 15) is 9.59 Å². The van der Waals surface area contributed by atoms with Gasteiger partial charge in [0.15, 0.2) is 0 Å². The Morgan fingerprint density at radius 1 is 0.957 bits per heavy atom. The molecule has 0 aliphatic rings. The van der Waals surface area contributed by atoms with E-state index in [2.05, 4.69) is 33.4 Å². The summed E-state index contributed by atoms with van der Waals surface area (Å²) in [4.78, 5) is 24.1. The highest BCUT2D eigenvalue weighted by Gasteiger charge is 2.11. The molecule has 0 atom stereocenters. The first kappa shape index (κ1) is 17.3. The van der Waals surface area contributed by atoms with Gasteiger partial charge >= 0.3 is 0 Å². The number of halogens is 1. The summed E-state index contributed by atoms with van der Waals surface area (Å²) in [5.74, 6) is -0.0528. The number of hydrogen-bond donors (Lipinski definition) is 2. The van der Waals surface area contributed by atoms with Crippen LogP contribution in [0.15, 0.2) is 48.5 Å². The highest BCUT2D eigenvalue weighted by molar-refractivity contribution is 14.1. The second-order valence-electron chi connectivity index (χ2n) is 5.08. The topological polar surface area (TPSA) is 67.4 Å². The van der Waals surface area contributed by atoms with Gasteiger partial charge < -0.3 is 4.74 Å². The van der Waals surface area contributed by atoms with E-state index in [0.29, 0.717) is 16.9 Å². The van der Waals surface area contributed by atoms with Crippen LogP contribution in [0.5, 0.6) is 5.75 Å². The highest BCUT2D eigenvalue weighted by atomic mass is 127. The molecule has 0 unspecified atom stereocenters. The number of hydrazine groups is 1. The van der Waals surface area contributed by atoms with E-state index >= 15 is 0 Å². The van der Waals surface area contributed by atoms with Crippen LogP contribution >= 0.6 is 22.6 Å². The molecule has 0 fully saturated rings. The molecule has 0 radical (unpaired) electrons. The minimum atomic E-state index is -0.389. The van der Waals surface area contributed by atoms with Gasteiger partial charge in [0, 0.05) is 9.13 Å². The number of ether oxygens (including phenoxy) is 1. The lowest BCUT2D eigenvalue weighted by Gasteiger charge is -2.11. The third-order valence-corrected chi connectivity index (χ3v) is 3.84. The van der Waals surface area contributed by atoms with Crippen LogP contribution in [0.2, 0.25) is 0 Å². The number of carbonyl (C=O) groups excluding carboxylic acids is 2. The third kappa shape index (κ3) is 4.95. The number of benzene rings is 2. The summed E-state index contributed by atoms with van der Waals surface area (Å²) in [7, 11) is 0. The Balaban J connectivity index is 1.94. The lowest BCUT2D eigenvalue weighted by atomic mass is 10.2. The van der Waals surface area contributed by atoms with Gasteiger partial charge in [-0.25, -0.2) is 0 Å². The van der Waals surface area contributed by atoms with Crippen molar-refractivity contribution in [1.82, 2.24) is 10.9 Å². The van der Waals surface area contributed by atoms with Crippen molar-refractivity contribution in [3.63, 3.8) is 0 Å². The van der Waals surface area contributed by atoms with Crippen LogP contribution in [0.1, 0.15) is 34.6 Å². The molecule has 0 aliphatic heterocycles. The maximum atomic E-state index is 12.0. The fourth-order valence-corrected chi connectivity index (χ4v) is 2.49. The lowest BCUT2D eigenvalue weighted by molar-refractivity contribution is 0.0846. The lowest BCUT2D eigenvalue weighted by Crippen LogP contribution is -2.41. The van der Waals surface area contributed by atoms with Crippen molar-refractivity contribution in [3.8, 4) is 5.75 Å². The molecule has 6 heteroatoms. The second-order valence-corrected chi connectivity index (χ2v) is 6.24. The molecule has 0 aromatic heterocycles. The van der Waals surface area contributed by atoms with Crippen LogP contribution in [0.3, 0.4) is 0 Å². The van der Waals surface area contributed by atoms with Crippen LogP contribution < -0.4 is 15.6 Å². The minimum absolute atomic E-state index is 0.0716. The average Bonchev–Trinajstić information content (AvgIpc) is 2.53. The maximum absolute atomic E-state index is 12.0. The second kappa shape index (κ2) is 7.96. The molecule has 0 saturated carbocycles. The van der Waals surface area contributed by atoms with Crippen LogP contribution in [0, 0.1) is 3.57 Å². The Kier molecular flexibility index (Phi) is 5.97. The van der Waals surface area contributed by atoms with Gasteiger partial charge in [-0.2, -0.15) is 0 Å². The van der Waals surface area contributed by atoms with E-state index in [1.807, 2.05) is 26.0 Å². The normalized spacial score (nSPS) is 10.3. The molecule has 0 heterocycles. The Labute approximate surface area is 148 Å². The Hall–Kier alpha value is -2.09. The van der Waals surface area contributed by atoms with E-state index in [1.165, 1.54) is 0 Å². The van der Waals surface area contributed by atoms with Gasteiger partial charge in [0.2, 0.25) is 0 Å². The molecule has 0 saturated heterocycles. The summed E-state index contributed by atoms with van der Waals surface area (Å²) >= 11 is 2.07. The molecule has 2 aromatic rings. The molecule has 5 nitrogen and oxygen atoms in total. The number of rotatable bonds is 4. The van der Waals surface area contributed by atoms with Crippen molar-refractivity contribution in [2.45, 2.75) is 20.0 Å². The van der Waals surface area contributed by atoms with Gasteiger partial charge in [-0.05, 0) is 72.8 Å². The summed E-state index contributed by atoms with van der Waals surface area (Å²) < 4.78 is 6.33. The summed E-state index contributed by atoms with van der Waals surface area (Å²) in [6.07, 6.45) is 0.0716. The van der Waals surface area contributed by atoms with Crippen molar-refractivity contribution in [2.24, 2.45) is 0 Å². The summed E-state index contributed by atoms with van der Waals surface area (Å²) in [6.45, 7) is 3.86. The van der Waals surface area contributed by atoms with E-state index < -0.39 is 0 Å². The summed E-state index contributed by atoms with van der Waals surface area (Å²) in [5.41, 5.74) is 5.76. The Morgan fingerprint density at radius 2 is 1.57 bits per heavy atom. The Bertz CT molecular complexity index is 699. The van der Waals surface area contributed by atoms with Gasteiger partial charge in [-0.3, -0.25) is 20.4 Å². The van der Waals surface area contributed by atoms with E-state index in [-0.39, 0.29) is 17.9 Å². The van der Waals surface area contributed by atoms with Gasteiger partial charge in [0.1, 0.15) is 5.75 Å². The molecule has 120 valence electrons. The average molecular weight is 424 g/mol. The van der Waals surface area contributed by atoms with Crippen molar-refractivity contribution >= 4 is 34.4 Å². The quantitative estimate of drug-likeness (QED) is 0.586. The molecule has 0 aliphatic carbocycles. The SMILES string of the molecule is CC(C)Oc1ccc(C(=O)NNC(=O)c2ccccc2I)cc1. The van der Waals surface area contributed by atoms with Crippen molar-refractivity contribution in [3.05, 3.63) is 63.2 Å². The largest absolute Gasteiger partial charge is 0.491 e. The minimum Gasteiger partial charge on any atom is -0.491 e. The van der Waals surface area contributed by atoms with E-state index in [1.54, 1.807) is 36.4 Å². The number of hydrogen-bond acceptors (Lipinski definition) is 3. The standard InChI is InChI=1S/C17H17IN2O3/c1-11(2)23-13-9-7-12(8-10-13)16(21)19-20-17(22)14-5-3-4-6-15(14)18/h3-11H,1-2H3,(H,19,21)(H,20,22). The fraction of sp³-hybridized carbons (Fsp3) is 0.176. The molecule has 0 spiro atoms. The van der Waals surface area contributed by atoms with Gasteiger partial charge in [0.05, 0.1) is 11.7 Å². The first-order valence-corrected chi connectivity index (χ1v) is 8.17. The number of nitrogens with one attached hydrogen (secondary N) is 2. The van der Waals surface area contributed by atoms with Gasteiger partial charge in [-0.15, -0.1) is 0 Å². The molecule has 0 bridgehead atoms. The highest BCUT2D eigenvalue weighted by Crippen LogP contribution is 2.14. The van der Waals surface area contributed by atoms with Crippen LogP contribution in [-0.2, 0) is 0 Å². The van der Waals surface area contributed by atoms with E-state index in [4.69, 9.17) is 4.74 Å². The molecule has 2 aromatic carbocycles. The summed E-state index contributed by atoms with van der Waals surface area (Å²) in [5, 5.41) is 0.